The Bertz CT molecular complexity index is 586. The van der Waals surface area contributed by atoms with Crippen molar-refractivity contribution in [2.75, 3.05) is 0 Å². The third-order valence-corrected chi connectivity index (χ3v) is 2.27. The van der Waals surface area contributed by atoms with Crippen molar-refractivity contribution in [2.24, 2.45) is 0 Å². The van der Waals surface area contributed by atoms with Crippen molar-refractivity contribution in [1.29, 1.82) is 0 Å². The summed E-state index contributed by atoms with van der Waals surface area (Å²) >= 11 is 0. The number of nitrogens with zero attached hydrogens (tertiary/aromatic N) is 4. The van der Waals surface area contributed by atoms with E-state index in [1.807, 2.05) is 35.0 Å². The summed E-state index contributed by atoms with van der Waals surface area (Å²) in [5.74, 6) is 0.855. The van der Waals surface area contributed by atoms with Gasteiger partial charge < -0.3 is 0 Å². The fourth-order valence-electron chi connectivity index (χ4n) is 1.59. The van der Waals surface area contributed by atoms with E-state index in [9.17, 15) is 0 Å². The molecule has 0 saturated heterocycles. The second-order valence-electron chi connectivity index (χ2n) is 3.16. The Kier molecular flexibility index (Phi) is 1.71. The van der Waals surface area contributed by atoms with E-state index >= 15 is 0 Å². The van der Waals surface area contributed by atoms with Gasteiger partial charge in [-0.2, -0.15) is 0 Å². The lowest BCUT2D eigenvalue weighted by atomic mass is 10.4. The van der Waals surface area contributed by atoms with Crippen LogP contribution in [0, 0.1) is 0 Å². The van der Waals surface area contributed by atoms with Crippen LogP contribution in [0.25, 0.3) is 16.9 Å². The van der Waals surface area contributed by atoms with Crippen molar-refractivity contribution in [3.63, 3.8) is 0 Å². The normalized spacial score (nSPS) is 10.7. The van der Waals surface area contributed by atoms with Crippen LogP contribution in [0.5, 0.6) is 0 Å². The molecule has 3 aromatic heterocycles. The maximum Gasteiger partial charge on any atom is 0.140 e. The zero-order valence-corrected chi connectivity index (χ0v) is 7.91. The molecule has 3 heterocycles. The Balaban J connectivity index is 2.28. The predicted octanol–water partition coefficient (Wildman–Crippen LogP) is 1.82. The summed E-state index contributed by atoms with van der Waals surface area (Å²) in [7, 11) is 0. The Morgan fingerprint density at radius 2 is 2.00 bits per heavy atom. The SMILES string of the molecule is c1cnc2ccn(-c3ccncn3)c2c1. The summed E-state index contributed by atoms with van der Waals surface area (Å²) in [6, 6.07) is 7.77. The van der Waals surface area contributed by atoms with Gasteiger partial charge in [-0.05, 0) is 24.3 Å². The average molecular weight is 196 g/mol. The Hall–Kier alpha value is -2.23. The van der Waals surface area contributed by atoms with Crippen molar-refractivity contribution in [1.82, 2.24) is 19.5 Å². The molecule has 0 aliphatic heterocycles. The van der Waals surface area contributed by atoms with Crippen molar-refractivity contribution in [3.05, 3.63) is 49.2 Å². The lowest BCUT2D eigenvalue weighted by molar-refractivity contribution is 1.01. The van der Waals surface area contributed by atoms with Gasteiger partial charge in [-0.3, -0.25) is 9.55 Å². The topological polar surface area (TPSA) is 43.6 Å². The summed E-state index contributed by atoms with van der Waals surface area (Å²) < 4.78 is 1.99. The summed E-state index contributed by atoms with van der Waals surface area (Å²) in [5.41, 5.74) is 2.02. The maximum atomic E-state index is 4.26. The maximum absolute atomic E-state index is 4.26. The largest absolute Gasteiger partial charge is 0.299 e. The van der Waals surface area contributed by atoms with Gasteiger partial charge >= 0.3 is 0 Å². The Morgan fingerprint density at radius 3 is 2.87 bits per heavy atom. The number of rotatable bonds is 1. The fraction of sp³-hybridized carbons (Fsp3) is 0. The fourth-order valence-corrected chi connectivity index (χ4v) is 1.59. The van der Waals surface area contributed by atoms with Crippen molar-refractivity contribution in [3.8, 4) is 5.82 Å². The van der Waals surface area contributed by atoms with Crippen molar-refractivity contribution < 1.29 is 0 Å². The van der Waals surface area contributed by atoms with Gasteiger partial charge in [0, 0.05) is 18.6 Å². The van der Waals surface area contributed by atoms with Crippen LogP contribution in [0.1, 0.15) is 0 Å². The van der Waals surface area contributed by atoms with Crippen LogP contribution in [0.4, 0.5) is 0 Å². The number of pyridine rings is 1. The first-order valence-corrected chi connectivity index (χ1v) is 4.63. The number of aromatic nitrogens is 4. The van der Waals surface area contributed by atoms with Crippen LogP contribution in [0.3, 0.4) is 0 Å². The molecule has 3 rings (SSSR count). The molecule has 0 spiro atoms. The minimum Gasteiger partial charge on any atom is -0.299 e. The molecular weight excluding hydrogens is 188 g/mol. The van der Waals surface area contributed by atoms with Gasteiger partial charge in [-0.25, -0.2) is 9.97 Å². The van der Waals surface area contributed by atoms with Gasteiger partial charge in [-0.15, -0.1) is 0 Å². The second-order valence-corrected chi connectivity index (χ2v) is 3.16. The van der Waals surface area contributed by atoms with Gasteiger partial charge in [0.25, 0.3) is 0 Å². The average Bonchev–Trinajstić information content (AvgIpc) is 2.74. The first-order valence-electron chi connectivity index (χ1n) is 4.63. The smallest absolute Gasteiger partial charge is 0.140 e. The van der Waals surface area contributed by atoms with E-state index in [2.05, 4.69) is 15.0 Å². The molecule has 0 bridgehead atoms. The number of hydrogen-bond acceptors (Lipinski definition) is 3. The standard InChI is InChI=1S/C11H8N4/c1-2-10-9(13-5-1)4-7-15(10)11-3-6-12-8-14-11/h1-8H. The molecule has 3 aromatic rings. The summed E-state index contributed by atoms with van der Waals surface area (Å²) in [6.07, 6.45) is 7.01. The number of hydrogen-bond donors (Lipinski definition) is 0. The Labute approximate surface area is 86.2 Å². The molecule has 0 fully saturated rings. The molecule has 0 unspecified atom stereocenters. The van der Waals surface area contributed by atoms with Gasteiger partial charge in [-0.1, -0.05) is 0 Å². The van der Waals surface area contributed by atoms with Gasteiger partial charge in [0.1, 0.15) is 12.1 Å². The van der Waals surface area contributed by atoms with Crippen molar-refractivity contribution >= 4 is 11.0 Å². The molecule has 0 aromatic carbocycles. The van der Waals surface area contributed by atoms with E-state index in [0.717, 1.165) is 16.9 Å². The predicted molar refractivity (Wildman–Crippen MR) is 56.7 cm³/mol. The van der Waals surface area contributed by atoms with Gasteiger partial charge in [0.15, 0.2) is 0 Å². The van der Waals surface area contributed by atoms with Gasteiger partial charge in [0.2, 0.25) is 0 Å². The highest BCUT2D eigenvalue weighted by Crippen LogP contribution is 2.15. The van der Waals surface area contributed by atoms with Crippen LogP contribution in [0.2, 0.25) is 0 Å². The zero-order chi connectivity index (χ0) is 10.1. The first-order chi connectivity index (χ1) is 7.45. The van der Waals surface area contributed by atoms with E-state index < -0.39 is 0 Å². The highest BCUT2D eigenvalue weighted by molar-refractivity contribution is 5.77. The van der Waals surface area contributed by atoms with Crippen LogP contribution in [-0.4, -0.2) is 19.5 Å². The summed E-state index contributed by atoms with van der Waals surface area (Å²) in [6.45, 7) is 0. The van der Waals surface area contributed by atoms with E-state index in [-0.39, 0.29) is 0 Å². The van der Waals surface area contributed by atoms with E-state index in [1.165, 1.54) is 6.33 Å². The molecule has 0 N–H and O–H groups in total. The second kappa shape index (κ2) is 3.16. The molecule has 15 heavy (non-hydrogen) atoms. The molecule has 4 nitrogen and oxygen atoms in total. The molecule has 0 saturated carbocycles. The lowest BCUT2D eigenvalue weighted by Crippen LogP contribution is -1.95. The van der Waals surface area contributed by atoms with E-state index in [4.69, 9.17) is 0 Å². The summed E-state index contributed by atoms with van der Waals surface area (Å²) in [5, 5.41) is 0. The number of fused-ring (bicyclic) bond motifs is 1. The molecule has 0 atom stereocenters. The van der Waals surface area contributed by atoms with Crippen LogP contribution in [0.15, 0.2) is 49.2 Å². The molecule has 0 radical (unpaired) electrons. The van der Waals surface area contributed by atoms with Crippen LogP contribution < -0.4 is 0 Å². The quantitative estimate of drug-likeness (QED) is 0.596. The van der Waals surface area contributed by atoms with Crippen LogP contribution in [-0.2, 0) is 0 Å². The zero-order valence-electron chi connectivity index (χ0n) is 7.91. The highest BCUT2D eigenvalue weighted by atomic mass is 15.1. The molecule has 0 aliphatic rings. The van der Waals surface area contributed by atoms with Crippen LogP contribution >= 0.6 is 0 Å². The van der Waals surface area contributed by atoms with E-state index in [1.54, 1.807) is 12.4 Å². The molecule has 0 aliphatic carbocycles. The van der Waals surface area contributed by atoms with E-state index in [0.29, 0.717) is 0 Å². The Morgan fingerprint density at radius 1 is 1.00 bits per heavy atom. The molecule has 72 valence electrons. The van der Waals surface area contributed by atoms with Gasteiger partial charge in [0.05, 0.1) is 11.0 Å². The first kappa shape index (κ1) is 8.11. The minimum absolute atomic E-state index is 0.855. The third-order valence-electron chi connectivity index (χ3n) is 2.27. The molecule has 0 amide bonds. The summed E-state index contributed by atoms with van der Waals surface area (Å²) in [4.78, 5) is 12.4. The lowest BCUT2D eigenvalue weighted by Gasteiger charge is -2.01. The minimum atomic E-state index is 0.855. The molecule has 4 heteroatoms. The monoisotopic (exact) mass is 196 g/mol. The highest BCUT2D eigenvalue weighted by Gasteiger charge is 2.02. The third kappa shape index (κ3) is 1.27. The van der Waals surface area contributed by atoms with Crippen molar-refractivity contribution in [2.45, 2.75) is 0 Å². The molecular formula is C11H8N4.